The van der Waals surface area contributed by atoms with Crippen LogP contribution in [0.5, 0.6) is 0 Å². The van der Waals surface area contributed by atoms with Gasteiger partial charge in [-0.15, -0.1) is 0 Å². The van der Waals surface area contributed by atoms with Crippen molar-refractivity contribution in [2.75, 3.05) is 18.2 Å². The van der Waals surface area contributed by atoms with Gasteiger partial charge in [0, 0.05) is 11.8 Å². The standard InChI is InChI=1S/C19H23N3O4S/c1-4-12(2)14-7-5-6-8-15(14)21-17(24)11-27-19-20-13(9-16(23)22-19)10-18(25)26-3/h5-9,12H,4,10-11H2,1-3H3,(H,21,24)(H,20,22,23)/t12-/m0/s1. The van der Waals surface area contributed by atoms with Gasteiger partial charge in [-0.2, -0.15) is 0 Å². The van der Waals surface area contributed by atoms with E-state index in [1.54, 1.807) is 0 Å². The molecule has 0 spiro atoms. The van der Waals surface area contributed by atoms with Gasteiger partial charge in [0.15, 0.2) is 5.16 Å². The minimum Gasteiger partial charge on any atom is -0.469 e. The van der Waals surface area contributed by atoms with Crippen molar-refractivity contribution in [2.24, 2.45) is 0 Å². The third-order valence-corrected chi connectivity index (χ3v) is 4.92. The molecule has 0 fully saturated rings. The molecule has 0 unspecified atom stereocenters. The number of nitrogens with zero attached hydrogens (tertiary/aromatic N) is 1. The van der Waals surface area contributed by atoms with E-state index in [4.69, 9.17) is 0 Å². The van der Waals surface area contributed by atoms with Gasteiger partial charge in [0.25, 0.3) is 5.56 Å². The molecule has 1 atom stereocenters. The van der Waals surface area contributed by atoms with Crippen LogP contribution in [0.25, 0.3) is 0 Å². The third-order valence-electron chi connectivity index (χ3n) is 4.04. The topological polar surface area (TPSA) is 101 Å². The van der Waals surface area contributed by atoms with Crippen LogP contribution in [0.15, 0.2) is 40.3 Å². The molecule has 1 heterocycles. The molecule has 0 radical (unpaired) electrons. The van der Waals surface area contributed by atoms with Crippen LogP contribution in [-0.4, -0.2) is 34.7 Å². The molecule has 144 valence electrons. The Kier molecular flexibility index (Phi) is 7.60. The minimum absolute atomic E-state index is 0.0828. The maximum absolute atomic E-state index is 12.3. The molecule has 1 aromatic heterocycles. The van der Waals surface area contributed by atoms with Gasteiger partial charge < -0.3 is 15.0 Å². The van der Waals surface area contributed by atoms with Crippen molar-refractivity contribution in [1.82, 2.24) is 9.97 Å². The minimum atomic E-state index is -0.483. The highest BCUT2D eigenvalue weighted by Gasteiger charge is 2.13. The third kappa shape index (κ3) is 6.25. The molecule has 8 heteroatoms. The van der Waals surface area contributed by atoms with Gasteiger partial charge in [0.1, 0.15) is 0 Å². The summed E-state index contributed by atoms with van der Waals surface area (Å²) in [5.74, 6) is -0.262. The summed E-state index contributed by atoms with van der Waals surface area (Å²) >= 11 is 1.10. The summed E-state index contributed by atoms with van der Waals surface area (Å²) in [7, 11) is 1.27. The Bertz CT molecular complexity index is 866. The number of H-pyrrole nitrogens is 1. The molecule has 2 N–H and O–H groups in total. The van der Waals surface area contributed by atoms with Crippen molar-refractivity contribution < 1.29 is 14.3 Å². The largest absolute Gasteiger partial charge is 0.469 e. The van der Waals surface area contributed by atoms with E-state index in [-0.39, 0.29) is 28.8 Å². The van der Waals surface area contributed by atoms with Crippen LogP contribution < -0.4 is 10.9 Å². The second-order valence-corrected chi connectivity index (χ2v) is 6.99. The summed E-state index contributed by atoms with van der Waals surface area (Å²) < 4.78 is 4.58. The van der Waals surface area contributed by atoms with Crippen LogP contribution in [0.4, 0.5) is 5.69 Å². The number of benzene rings is 1. The molecule has 27 heavy (non-hydrogen) atoms. The summed E-state index contributed by atoms with van der Waals surface area (Å²) in [5.41, 5.74) is 1.80. The monoisotopic (exact) mass is 389 g/mol. The van der Waals surface area contributed by atoms with Crippen molar-refractivity contribution in [3.8, 4) is 0 Å². The van der Waals surface area contributed by atoms with Crippen LogP contribution in [0.2, 0.25) is 0 Å². The summed E-state index contributed by atoms with van der Waals surface area (Å²) in [5, 5.41) is 3.20. The van der Waals surface area contributed by atoms with Gasteiger partial charge in [0.05, 0.1) is 25.0 Å². The Balaban J connectivity index is 2.02. The maximum Gasteiger partial charge on any atom is 0.311 e. The lowest BCUT2D eigenvalue weighted by Gasteiger charge is -2.15. The van der Waals surface area contributed by atoms with Crippen LogP contribution in [0.3, 0.4) is 0 Å². The van der Waals surface area contributed by atoms with Gasteiger partial charge in [0.2, 0.25) is 5.91 Å². The van der Waals surface area contributed by atoms with E-state index >= 15 is 0 Å². The Labute approximate surface area is 161 Å². The van der Waals surface area contributed by atoms with Crippen LogP contribution in [0, 0.1) is 0 Å². The molecule has 0 aliphatic heterocycles. The lowest BCUT2D eigenvalue weighted by atomic mass is 9.97. The number of hydrogen-bond donors (Lipinski definition) is 2. The number of aromatic nitrogens is 2. The number of aromatic amines is 1. The van der Waals surface area contributed by atoms with Gasteiger partial charge >= 0.3 is 5.97 Å². The number of anilines is 1. The number of thioether (sulfide) groups is 1. The summed E-state index contributed by atoms with van der Waals surface area (Å²) in [6.07, 6.45) is 0.877. The number of carbonyl (C=O) groups is 2. The fourth-order valence-electron chi connectivity index (χ4n) is 2.44. The predicted octanol–water partition coefficient (Wildman–Crippen LogP) is 2.73. The zero-order valence-corrected chi connectivity index (χ0v) is 16.4. The van der Waals surface area contributed by atoms with E-state index in [0.29, 0.717) is 11.6 Å². The Morgan fingerprint density at radius 3 is 2.78 bits per heavy atom. The normalized spacial score (nSPS) is 11.7. The molecule has 0 saturated heterocycles. The number of methoxy groups -OCH3 is 1. The second kappa shape index (κ2) is 9.91. The van der Waals surface area contributed by atoms with E-state index in [2.05, 4.69) is 33.9 Å². The van der Waals surface area contributed by atoms with Gasteiger partial charge in [-0.25, -0.2) is 4.98 Å². The molecule has 1 amide bonds. The number of carbonyl (C=O) groups excluding carboxylic acids is 2. The van der Waals surface area contributed by atoms with E-state index in [9.17, 15) is 14.4 Å². The number of amides is 1. The molecular weight excluding hydrogens is 366 g/mol. The van der Waals surface area contributed by atoms with Crippen molar-refractivity contribution in [2.45, 2.75) is 37.8 Å². The van der Waals surface area contributed by atoms with Crippen molar-refractivity contribution >= 4 is 29.3 Å². The highest BCUT2D eigenvalue weighted by atomic mass is 32.2. The summed E-state index contributed by atoms with van der Waals surface area (Å²) in [6, 6.07) is 8.95. The summed E-state index contributed by atoms with van der Waals surface area (Å²) in [6.45, 7) is 4.21. The first-order valence-electron chi connectivity index (χ1n) is 8.61. The Hall–Kier alpha value is -2.61. The molecule has 2 aromatic rings. The fraction of sp³-hybridized carbons (Fsp3) is 0.368. The lowest BCUT2D eigenvalue weighted by Crippen LogP contribution is -2.17. The van der Waals surface area contributed by atoms with Gasteiger partial charge in [-0.3, -0.25) is 14.4 Å². The summed E-state index contributed by atoms with van der Waals surface area (Å²) in [4.78, 5) is 42.1. The quantitative estimate of drug-likeness (QED) is 0.409. The predicted molar refractivity (Wildman–Crippen MR) is 105 cm³/mol. The van der Waals surface area contributed by atoms with E-state index in [1.165, 1.54) is 13.2 Å². The highest BCUT2D eigenvalue weighted by molar-refractivity contribution is 7.99. The number of para-hydroxylation sites is 1. The number of rotatable bonds is 8. The fourth-order valence-corrected chi connectivity index (χ4v) is 3.14. The van der Waals surface area contributed by atoms with E-state index in [1.807, 2.05) is 24.3 Å². The number of ether oxygens (including phenoxy) is 1. The average Bonchev–Trinajstić information content (AvgIpc) is 2.65. The van der Waals surface area contributed by atoms with Crippen LogP contribution in [0.1, 0.15) is 37.4 Å². The average molecular weight is 389 g/mol. The zero-order valence-electron chi connectivity index (χ0n) is 15.6. The second-order valence-electron chi connectivity index (χ2n) is 6.03. The van der Waals surface area contributed by atoms with Gasteiger partial charge in [-0.05, 0) is 24.0 Å². The van der Waals surface area contributed by atoms with E-state index < -0.39 is 5.97 Å². The molecule has 0 aliphatic rings. The van der Waals surface area contributed by atoms with Gasteiger partial charge in [-0.1, -0.05) is 43.8 Å². The van der Waals surface area contributed by atoms with E-state index in [0.717, 1.165) is 29.4 Å². The van der Waals surface area contributed by atoms with Crippen molar-refractivity contribution in [1.29, 1.82) is 0 Å². The molecule has 0 bridgehead atoms. The number of esters is 1. The van der Waals surface area contributed by atoms with Crippen molar-refractivity contribution in [3.63, 3.8) is 0 Å². The molecule has 1 aromatic carbocycles. The number of nitrogens with one attached hydrogen (secondary N) is 2. The van der Waals surface area contributed by atoms with Crippen LogP contribution >= 0.6 is 11.8 Å². The molecule has 0 saturated carbocycles. The molecule has 7 nitrogen and oxygen atoms in total. The first-order valence-corrected chi connectivity index (χ1v) is 9.60. The first-order chi connectivity index (χ1) is 12.9. The highest BCUT2D eigenvalue weighted by Crippen LogP contribution is 2.26. The molecule has 0 aliphatic carbocycles. The first kappa shape index (κ1) is 20.7. The Morgan fingerprint density at radius 2 is 2.07 bits per heavy atom. The number of hydrogen-bond acceptors (Lipinski definition) is 6. The smallest absolute Gasteiger partial charge is 0.311 e. The molecular formula is C19H23N3O4S. The molecule has 2 rings (SSSR count). The SMILES string of the molecule is CC[C@H](C)c1ccccc1NC(=O)CSc1nc(CC(=O)OC)cc(=O)[nH]1. The lowest BCUT2D eigenvalue weighted by molar-refractivity contribution is -0.139. The van der Waals surface area contributed by atoms with Crippen molar-refractivity contribution in [3.05, 3.63) is 51.9 Å². The Morgan fingerprint density at radius 1 is 1.33 bits per heavy atom. The maximum atomic E-state index is 12.3. The van der Waals surface area contributed by atoms with Crippen LogP contribution in [-0.2, 0) is 20.7 Å². The zero-order chi connectivity index (χ0) is 19.8.